The summed E-state index contributed by atoms with van der Waals surface area (Å²) in [6.07, 6.45) is 1.66. The lowest BCUT2D eigenvalue weighted by atomic mass is 9.98. The van der Waals surface area contributed by atoms with Crippen LogP contribution in [0.2, 0.25) is 0 Å². The van der Waals surface area contributed by atoms with Crippen LogP contribution in [0.3, 0.4) is 0 Å². The third-order valence-corrected chi connectivity index (χ3v) is 3.48. The van der Waals surface area contributed by atoms with E-state index in [-0.39, 0.29) is 5.82 Å². The lowest BCUT2D eigenvalue weighted by molar-refractivity contribution is 0.627. The van der Waals surface area contributed by atoms with Crippen molar-refractivity contribution >= 4 is 6.21 Å². The second kappa shape index (κ2) is 5.89. The zero-order valence-electron chi connectivity index (χ0n) is 12.3. The van der Waals surface area contributed by atoms with Crippen LogP contribution in [0.25, 0.3) is 22.4 Å². The molecule has 5 heteroatoms. The number of aryl methyl sites for hydroxylation is 1. The average Bonchev–Trinajstić information content (AvgIpc) is 2.96. The summed E-state index contributed by atoms with van der Waals surface area (Å²) in [5, 5.41) is 10.8. The first-order chi connectivity index (χ1) is 10.7. The van der Waals surface area contributed by atoms with E-state index in [1.165, 1.54) is 12.1 Å². The molecule has 0 aliphatic heterocycles. The molecule has 0 saturated heterocycles. The summed E-state index contributed by atoms with van der Waals surface area (Å²) in [6, 6.07) is 12.8. The number of rotatable bonds is 3. The van der Waals surface area contributed by atoms with Crippen molar-refractivity contribution in [1.29, 1.82) is 0 Å². The summed E-state index contributed by atoms with van der Waals surface area (Å²) in [7, 11) is 1.69. The quantitative estimate of drug-likeness (QED) is 0.750. The SMILES string of the molecule is CN=Cc1n[nH]nc1-c1ccc(-c2ccc(F)cc2C)cc1. The first kappa shape index (κ1) is 14.1. The molecule has 110 valence electrons. The van der Waals surface area contributed by atoms with Gasteiger partial charge in [0.05, 0.1) is 6.21 Å². The summed E-state index contributed by atoms with van der Waals surface area (Å²) >= 11 is 0. The number of aliphatic imine (C=N–C) groups is 1. The van der Waals surface area contributed by atoms with E-state index in [9.17, 15) is 4.39 Å². The predicted molar refractivity (Wildman–Crippen MR) is 85.5 cm³/mol. The van der Waals surface area contributed by atoms with E-state index in [1.807, 2.05) is 31.2 Å². The molecule has 0 amide bonds. The Hall–Kier alpha value is -2.82. The van der Waals surface area contributed by atoms with Crippen LogP contribution in [-0.2, 0) is 0 Å². The number of hydrogen-bond acceptors (Lipinski definition) is 3. The summed E-state index contributed by atoms with van der Waals surface area (Å²) in [6.45, 7) is 1.90. The number of hydrogen-bond donors (Lipinski definition) is 1. The number of benzene rings is 2. The Bertz CT molecular complexity index is 819. The molecule has 0 aliphatic rings. The second-order valence-corrected chi connectivity index (χ2v) is 4.98. The minimum absolute atomic E-state index is 0.219. The van der Waals surface area contributed by atoms with Crippen LogP contribution in [0.5, 0.6) is 0 Å². The van der Waals surface area contributed by atoms with E-state index in [2.05, 4.69) is 20.4 Å². The molecule has 0 saturated carbocycles. The smallest absolute Gasteiger partial charge is 0.131 e. The standard InChI is InChI=1S/C17H15FN4/c1-11-9-14(18)7-8-15(11)12-3-5-13(6-4-12)17-16(10-19-2)20-22-21-17/h3-10H,1-2H3,(H,20,21,22). The van der Waals surface area contributed by atoms with E-state index in [0.717, 1.165) is 27.9 Å². The maximum Gasteiger partial charge on any atom is 0.131 e. The lowest BCUT2D eigenvalue weighted by Gasteiger charge is -2.07. The van der Waals surface area contributed by atoms with Crippen molar-refractivity contribution in [2.45, 2.75) is 6.92 Å². The van der Waals surface area contributed by atoms with E-state index in [4.69, 9.17) is 0 Å². The Morgan fingerprint density at radius 2 is 1.77 bits per heavy atom. The fourth-order valence-electron chi connectivity index (χ4n) is 2.42. The molecule has 1 aromatic heterocycles. The molecule has 0 spiro atoms. The highest BCUT2D eigenvalue weighted by Gasteiger charge is 2.09. The molecule has 0 unspecified atom stereocenters. The Balaban J connectivity index is 1.97. The van der Waals surface area contributed by atoms with Gasteiger partial charge in [-0.1, -0.05) is 30.3 Å². The number of nitrogens with one attached hydrogen (secondary N) is 1. The number of H-pyrrole nitrogens is 1. The maximum atomic E-state index is 13.2. The van der Waals surface area contributed by atoms with Crippen molar-refractivity contribution in [1.82, 2.24) is 15.4 Å². The Morgan fingerprint density at radius 3 is 2.45 bits per heavy atom. The molecule has 0 bridgehead atoms. The van der Waals surface area contributed by atoms with Crippen molar-refractivity contribution < 1.29 is 4.39 Å². The molecule has 3 aromatic rings. The molecule has 0 aliphatic carbocycles. The van der Waals surface area contributed by atoms with Crippen LogP contribution < -0.4 is 0 Å². The Morgan fingerprint density at radius 1 is 1.05 bits per heavy atom. The van der Waals surface area contributed by atoms with Gasteiger partial charge in [-0.3, -0.25) is 4.99 Å². The maximum absolute atomic E-state index is 13.2. The summed E-state index contributed by atoms with van der Waals surface area (Å²) < 4.78 is 13.2. The summed E-state index contributed by atoms with van der Waals surface area (Å²) in [5.74, 6) is -0.219. The Kier molecular flexibility index (Phi) is 3.78. The molecule has 1 heterocycles. The topological polar surface area (TPSA) is 53.9 Å². The van der Waals surface area contributed by atoms with Crippen LogP contribution in [0.1, 0.15) is 11.3 Å². The minimum atomic E-state index is -0.219. The summed E-state index contributed by atoms with van der Waals surface area (Å²) in [5.41, 5.74) is 5.38. The van der Waals surface area contributed by atoms with Crippen molar-refractivity contribution in [3.05, 3.63) is 59.5 Å². The highest BCUT2D eigenvalue weighted by molar-refractivity contribution is 5.86. The molecule has 2 aromatic carbocycles. The first-order valence-electron chi connectivity index (χ1n) is 6.89. The zero-order valence-corrected chi connectivity index (χ0v) is 12.3. The monoisotopic (exact) mass is 294 g/mol. The molecule has 4 nitrogen and oxygen atoms in total. The van der Waals surface area contributed by atoms with E-state index >= 15 is 0 Å². The van der Waals surface area contributed by atoms with Gasteiger partial charge in [0.25, 0.3) is 0 Å². The normalized spacial score (nSPS) is 11.2. The molecule has 1 N–H and O–H groups in total. The fraction of sp³-hybridized carbons (Fsp3) is 0.118. The van der Waals surface area contributed by atoms with E-state index in [0.29, 0.717) is 5.69 Å². The van der Waals surface area contributed by atoms with Gasteiger partial charge in [-0.15, -0.1) is 0 Å². The third-order valence-electron chi connectivity index (χ3n) is 3.48. The van der Waals surface area contributed by atoms with Gasteiger partial charge in [-0.2, -0.15) is 15.4 Å². The van der Waals surface area contributed by atoms with Crippen LogP contribution in [-0.4, -0.2) is 28.7 Å². The van der Waals surface area contributed by atoms with Gasteiger partial charge in [0.15, 0.2) is 0 Å². The van der Waals surface area contributed by atoms with Gasteiger partial charge in [0, 0.05) is 12.6 Å². The van der Waals surface area contributed by atoms with Gasteiger partial charge >= 0.3 is 0 Å². The first-order valence-corrected chi connectivity index (χ1v) is 6.89. The van der Waals surface area contributed by atoms with Crippen molar-refractivity contribution in [3.63, 3.8) is 0 Å². The Labute approximate surface area is 127 Å². The molecule has 0 atom stereocenters. The number of aromatic amines is 1. The van der Waals surface area contributed by atoms with E-state index in [1.54, 1.807) is 19.3 Å². The van der Waals surface area contributed by atoms with Gasteiger partial charge in [-0.25, -0.2) is 4.39 Å². The van der Waals surface area contributed by atoms with Gasteiger partial charge < -0.3 is 0 Å². The average molecular weight is 294 g/mol. The van der Waals surface area contributed by atoms with Gasteiger partial charge in [-0.05, 0) is 35.7 Å². The molecule has 0 radical (unpaired) electrons. The largest absolute Gasteiger partial charge is 0.294 e. The molecular formula is C17H15FN4. The van der Waals surface area contributed by atoms with Crippen molar-refractivity contribution in [2.24, 2.45) is 4.99 Å². The highest BCUT2D eigenvalue weighted by Crippen LogP contribution is 2.27. The molecular weight excluding hydrogens is 279 g/mol. The number of aromatic nitrogens is 3. The zero-order chi connectivity index (χ0) is 15.5. The predicted octanol–water partition coefficient (Wildman–Crippen LogP) is 3.63. The van der Waals surface area contributed by atoms with Crippen LogP contribution in [0.4, 0.5) is 4.39 Å². The van der Waals surface area contributed by atoms with Gasteiger partial charge in [0.2, 0.25) is 0 Å². The molecule has 3 rings (SSSR count). The highest BCUT2D eigenvalue weighted by atomic mass is 19.1. The van der Waals surface area contributed by atoms with E-state index < -0.39 is 0 Å². The molecule has 22 heavy (non-hydrogen) atoms. The number of nitrogens with zero attached hydrogens (tertiary/aromatic N) is 3. The lowest BCUT2D eigenvalue weighted by Crippen LogP contribution is -1.88. The fourth-order valence-corrected chi connectivity index (χ4v) is 2.42. The van der Waals surface area contributed by atoms with Gasteiger partial charge in [0.1, 0.15) is 17.2 Å². The molecule has 0 fully saturated rings. The third kappa shape index (κ3) is 2.65. The summed E-state index contributed by atoms with van der Waals surface area (Å²) in [4.78, 5) is 3.97. The number of halogens is 1. The second-order valence-electron chi connectivity index (χ2n) is 4.98. The van der Waals surface area contributed by atoms with Crippen LogP contribution >= 0.6 is 0 Å². The van der Waals surface area contributed by atoms with Crippen molar-refractivity contribution in [2.75, 3.05) is 7.05 Å². The van der Waals surface area contributed by atoms with Crippen LogP contribution in [0.15, 0.2) is 47.5 Å². The van der Waals surface area contributed by atoms with Crippen LogP contribution in [0, 0.1) is 12.7 Å². The minimum Gasteiger partial charge on any atom is -0.294 e. The van der Waals surface area contributed by atoms with Crippen molar-refractivity contribution in [3.8, 4) is 22.4 Å².